The molecule has 0 bridgehead atoms. The lowest BCUT2D eigenvalue weighted by Crippen LogP contribution is -2.45. The lowest BCUT2D eigenvalue weighted by atomic mass is 9.98. The standard InChI is InChI=1S/C14H20BrNO/c1-11-4-5-12(8-13(11)15)9-16-14(10-17)6-2-3-7-14/h4-5,8,16-17H,2-3,6-7,9-10H2,1H3. The van der Waals surface area contributed by atoms with E-state index in [9.17, 15) is 5.11 Å². The summed E-state index contributed by atoms with van der Waals surface area (Å²) in [4.78, 5) is 0. The summed E-state index contributed by atoms with van der Waals surface area (Å²) in [6, 6.07) is 6.43. The van der Waals surface area contributed by atoms with Crippen molar-refractivity contribution < 1.29 is 5.11 Å². The molecule has 0 radical (unpaired) electrons. The molecule has 1 aliphatic rings. The Morgan fingerprint density at radius 2 is 2.06 bits per heavy atom. The van der Waals surface area contributed by atoms with Crippen LogP contribution in [-0.4, -0.2) is 17.3 Å². The van der Waals surface area contributed by atoms with Crippen LogP contribution in [0, 0.1) is 6.92 Å². The summed E-state index contributed by atoms with van der Waals surface area (Å²) in [6.07, 6.45) is 4.64. The Morgan fingerprint density at radius 1 is 1.35 bits per heavy atom. The molecule has 0 unspecified atom stereocenters. The third-order valence-corrected chi connectivity index (χ3v) is 4.62. The number of aliphatic hydroxyl groups excluding tert-OH is 1. The van der Waals surface area contributed by atoms with Gasteiger partial charge in [-0.05, 0) is 37.0 Å². The van der Waals surface area contributed by atoms with Gasteiger partial charge in [0, 0.05) is 16.6 Å². The molecular formula is C14H20BrNO. The smallest absolute Gasteiger partial charge is 0.0613 e. The minimum Gasteiger partial charge on any atom is -0.394 e. The quantitative estimate of drug-likeness (QED) is 0.895. The zero-order valence-electron chi connectivity index (χ0n) is 10.3. The number of aryl methyl sites for hydroxylation is 1. The number of benzene rings is 1. The van der Waals surface area contributed by atoms with E-state index in [4.69, 9.17) is 0 Å². The van der Waals surface area contributed by atoms with Crippen LogP contribution in [0.1, 0.15) is 36.8 Å². The predicted octanol–water partition coefficient (Wildman–Crippen LogP) is 3.15. The average molecular weight is 298 g/mol. The van der Waals surface area contributed by atoms with E-state index in [0.29, 0.717) is 0 Å². The average Bonchev–Trinajstić information content (AvgIpc) is 2.80. The van der Waals surface area contributed by atoms with Gasteiger partial charge in [0.1, 0.15) is 0 Å². The first-order chi connectivity index (χ1) is 8.15. The molecular weight excluding hydrogens is 278 g/mol. The topological polar surface area (TPSA) is 32.3 Å². The molecule has 0 saturated heterocycles. The summed E-state index contributed by atoms with van der Waals surface area (Å²) < 4.78 is 1.15. The molecule has 0 aromatic heterocycles. The first-order valence-corrected chi connectivity index (χ1v) is 7.05. The summed E-state index contributed by atoms with van der Waals surface area (Å²) in [7, 11) is 0. The van der Waals surface area contributed by atoms with Gasteiger partial charge in [-0.1, -0.05) is 40.9 Å². The van der Waals surface area contributed by atoms with Crippen LogP contribution in [-0.2, 0) is 6.54 Å². The molecule has 1 aromatic carbocycles. The van der Waals surface area contributed by atoms with E-state index >= 15 is 0 Å². The van der Waals surface area contributed by atoms with E-state index in [1.807, 2.05) is 0 Å². The van der Waals surface area contributed by atoms with Crippen LogP contribution in [0.4, 0.5) is 0 Å². The number of rotatable bonds is 4. The Morgan fingerprint density at radius 3 is 2.65 bits per heavy atom. The van der Waals surface area contributed by atoms with Crippen molar-refractivity contribution in [1.82, 2.24) is 5.32 Å². The van der Waals surface area contributed by atoms with Crippen molar-refractivity contribution in [3.05, 3.63) is 33.8 Å². The maximum atomic E-state index is 9.52. The van der Waals surface area contributed by atoms with E-state index < -0.39 is 0 Å². The van der Waals surface area contributed by atoms with Crippen LogP contribution in [0.3, 0.4) is 0 Å². The number of hydrogen-bond acceptors (Lipinski definition) is 2. The van der Waals surface area contributed by atoms with E-state index in [1.54, 1.807) is 0 Å². The molecule has 1 aliphatic carbocycles. The lowest BCUT2D eigenvalue weighted by Gasteiger charge is -2.28. The Labute approximate surface area is 112 Å². The van der Waals surface area contributed by atoms with Gasteiger partial charge in [-0.25, -0.2) is 0 Å². The zero-order valence-corrected chi connectivity index (χ0v) is 11.9. The molecule has 0 aliphatic heterocycles. The van der Waals surface area contributed by atoms with Crippen LogP contribution in [0.25, 0.3) is 0 Å². The fourth-order valence-corrected chi connectivity index (χ4v) is 2.90. The van der Waals surface area contributed by atoms with E-state index in [2.05, 4.69) is 46.4 Å². The Kier molecular flexibility index (Phi) is 4.23. The molecule has 94 valence electrons. The summed E-state index contributed by atoms with van der Waals surface area (Å²) >= 11 is 3.55. The Bertz CT molecular complexity index is 386. The fourth-order valence-electron chi connectivity index (χ4n) is 2.48. The molecule has 0 amide bonds. The fraction of sp³-hybridized carbons (Fsp3) is 0.571. The molecule has 3 heteroatoms. The van der Waals surface area contributed by atoms with Gasteiger partial charge in [-0.15, -0.1) is 0 Å². The molecule has 2 nitrogen and oxygen atoms in total. The second-order valence-corrected chi connectivity index (χ2v) is 5.94. The van der Waals surface area contributed by atoms with E-state index in [1.165, 1.54) is 24.0 Å². The number of hydrogen-bond donors (Lipinski definition) is 2. The first kappa shape index (κ1) is 13.1. The second kappa shape index (κ2) is 5.51. The molecule has 17 heavy (non-hydrogen) atoms. The highest BCUT2D eigenvalue weighted by atomic mass is 79.9. The van der Waals surface area contributed by atoms with Gasteiger partial charge in [-0.2, -0.15) is 0 Å². The summed E-state index contributed by atoms with van der Waals surface area (Å²) in [5.41, 5.74) is 2.49. The summed E-state index contributed by atoms with van der Waals surface area (Å²) in [6.45, 7) is 3.17. The minimum absolute atomic E-state index is 0.0304. The molecule has 1 saturated carbocycles. The van der Waals surface area contributed by atoms with Crippen LogP contribution >= 0.6 is 15.9 Å². The molecule has 0 heterocycles. The van der Waals surface area contributed by atoms with Crippen molar-refractivity contribution in [2.45, 2.75) is 44.7 Å². The third-order valence-electron chi connectivity index (χ3n) is 3.77. The van der Waals surface area contributed by atoms with Gasteiger partial charge in [0.25, 0.3) is 0 Å². The van der Waals surface area contributed by atoms with E-state index in [-0.39, 0.29) is 12.1 Å². The third kappa shape index (κ3) is 3.09. The maximum Gasteiger partial charge on any atom is 0.0613 e. The van der Waals surface area contributed by atoms with Gasteiger partial charge < -0.3 is 10.4 Å². The molecule has 2 rings (SSSR count). The highest BCUT2D eigenvalue weighted by Gasteiger charge is 2.32. The largest absolute Gasteiger partial charge is 0.394 e. The van der Waals surface area contributed by atoms with Crippen molar-refractivity contribution in [2.75, 3.05) is 6.61 Å². The highest BCUT2D eigenvalue weighted by molar-refractivity contribution is 9.10. The number of nitrogens with one attached hydrogen (secondary N) is 1. The number of halogens is 1. The van der Waals surface area contributed by atoms with E-state index in [0.717, 1.165) is 23.9 Å². The highest BCUT2D eigenvalue weighted by Crippen LogP contribution is 2.29. The van der Waals surface area contributed by atoms with Gasteiger partial charge in [0.2, 0.25) is 0 Å². The first-order valence-electron chi connectivity index (χ1n) is 6.26. The van der Waals surface area contributed by atoms with Crippen LogP contribution in [0.2, 0.25) is 0 Å². The van der Waals surface area contributed by atoms with Crippen molar-refractivity contribution in [3.63, 3.8) is 0 Å². The van der Waals surface area contributed by atoms with Crippen molar-refractivity contribution in [3.8, 4) is 0 Å². The minimum atomic E-state index is -0.0304. The lowest BCUT2D eigenvalue weighted by molar-refractivity contribution is 0.163. The predicted molar refractivity (Wildman–Crippen MR) is 74.0 cm³/mol. The summed E-state index contributed by atoms with van der Waals surface area (Å²) in [5, 5.41) is 13.1. The monoisotopic (exact) mass is 297 g/mol. The SMILES string of the molecule is Cc1ccc(CNC2(CO)CCCC2)cc1Br. The van der Waals surface area contributed by atoms with Crippen LogP contribution in [0.15, 0.2) is 22.7 Å². The van der Waals surface area contributed by atoms with Gasteiger partial charge in [-0.3, -0.25) is 0 Å². The number of aliphatic hydroxyl groups is 1. The Hall–Kier alpha value is -0.380. The van der Waals surface area contributed by atoms with Crippen molar-refractivity contribution in [1.29, 1.82) is 0 Å². The molecule has 1 aromatic rings. The van der Waals surface area contributed by atoms with Crippen LogP contribution < -0.4 is 5.32 Å². The summed E-state index contributed by atoms with van der Waals surface area (Å²) in [5.74, 6) is 0. The van der Waals surface area contributed by atoms with Crippen molar-refractivity contribution in [2.24, 2.45) is 0 Å². The van der Waals surface area contributed by atoms with Crippen molar-refractivity contribution >= 4 is 15.9 Å². The second-order valence-electron chi connectivity index (χ2n) is 5.08. The van der Waals surface area contributed by atoms with Crippen LogP contribution in [0.5, 0.6) is 0 Å². The molecule has 2 N–H and O–H groups in total. The Balaban J connectivity index is 1.99. The normalized spacial score (nSPS) is 18.5. The van der Waals surface area contributed by atoms with Gasteiger partial charge in [0.05, 0.1) is 6.61 Å². The molecule has 0 atom stereocenters. The zero-order chi connectivity index (χ0) is 12.3. The maximum absolute atomic E-state index is 9.52. The van der Waals surface area contributed by atoms with Gasteiger partial charge in [0.15, 0.2) is 0 Å². The molecule has 0 spiro atoms. The molecule has 1 fully saturated rings. The van der Waals surface area contributed by atoms with Gasteiger partial charge >= 0.3 is 0 Å².